The molecule has 4 amide bonds. The van der Waals surface area contributed by atoms with E-state index in [1.165, 1.54) is 4.90 Å². The summed E-state index contributed by atoms with van der Waals surface area (Å²) in [4.78, 5) is 48.0. The number of nitrogens with two attached hydrogens (primary N) is 2. The first-order chi connectivity index (χ1) is 10.8. The van der Waals surface area contributed by atoms with Crippen molar-refractivity contribution in [1.29, 1.82) is 0 Å². The maximum Gasteiger partial charge on any atom is 0.249 e. The third-order valence-electron chi connectivity index (χ3n) is 3.49. The zero-order valence-corrected chi connectivity index (χ0v) is 13.6. The largest absolute Gasteiger partial charge is 0.367 e. The molecule has 8 nitrogen and oxygen atoms in total. The van der Waals surface area contributed by atoms with E-state index in [-0.39, 0.29) is 18.9 Å². The lowest BCUT2D eigenvalue weighted by Gasteiger charge is -2.19. The molecule has 23 heavy (non-hydrogen) atoms. The predicted molar refractivity (Wildman–Crippen MR) is 84.9 cm³/mol. The lowest BCUT2D eigenvalue weighted by Crippen LogP contribution is -2.54. The molecule has 2 rings (SSSR count). The van der Waals surface area contributed by atoms with Gasteiger partial charge in [-0.2, -0.15) is 0 Å². The van der Waals surface area contributed by atoms with Crippen LogP contribution in [-0.2, 0) is 19.2 Å². The molecule has 1 atom stereocenters. The summed E-state index contributed by atoms with van der Waals surface area (Å²) in [5.74, 6) is -3.63. The van der Waals surface area contributed by atoms with Gasteiger partial charge in [0.25, 0.3) is 0 Å². The molecule has 5 N–H and O–H groups in total. The number of amides is 4. The van der Waals surface area contributed by atoms with Crippen LogP contribution in [-0.4, -0.2) is 36.2 Å². The molecule has 1 aromatic rings. The van der Waals surface area contributed by atoms with Crippen molar-refractivity contribution >= 4 is 45.2 Å². The summed E-state index contributed by atoms with van der Waals surface area (Å²) >= 11 is 3.35. The average Bonchev–Trinajstić information content (AvgIpc) is 2.86. The Morgan fingerprint density at radius 3 is 2.39 bits per heavy atom. The van der Waals surface area contributed by atoms with E-state index in [1.807, 2.05) is 6.07 Å². The minimum atomic E-state index is -1.59. The standard InChI is InChI=1S/C14H15BrN4O4/c15-8-3-1-2-4-9(8)19-6-7(5-10(19)20)14(23)18-11(12(16)21)13(17)22/h1-4,7,11H,5-6H2,(H2,16,21)(H2,17,22)(H,18,23)/t7-/m1/s1. The molecule has 0 spiro atoms. The molecule has 0 unspecified atom stereocenters. The number of anilines is 1. The number of nitrogens with zero attached hydrogens (tertiary/aromatic N) is 1. The van der Waals surface area contributed by atoms with E-state index in [4.69, 9.17) is 11.5 Å². The van der Waals surface area contributed by atoms with Crippen LogP contribution in [0, 0.1) is 5.92 Å². The Morgan fingerprint density at radius 1 is 1.22 bits per heavy atom. The molecule has 0 saturated carbocycles. The molecule has 0 aromatic heterocycles. The zero-order chi connectivity index (χ0) is 17.1. The summed E-state index contributed by atoms with van der Waals surface area (Å²) in [6.45, 7) is 0.136. The summed E-state index contributed by atoms with van der Waals surface area (Å²) in [7, 11) is 0. The van der Waals surface area contributed by atoms with E-state index in [9.17, 15) is 19.2 Å². The molecule has 0 bridgehead atoms. The van der Waals surface area contributed by atoms with Crippen molar-refractivity contribution in [2.45, 2.75) is 12.5 Å². The van der Waals surface area contributed by atoms with E-state index in [2.05, 4.69) is 21.2 Å². The molecule has 1 aliphatic rings. The number of primary amides is 2. The van der Waals surface area contributed by atoms with Gasteiger partial charge in [0.1, 0.15) is 0 Å². The normalized spacial score (nSPS) is 17.4. The SMILES string of the molecule is NC(=O)C(NC(=O)[C@@H]1CC(=O)N(c2ccccc2Br)C1)C(N)=O. The fourth-order valence-corrected chi connectivity index (χ4v) is 2.83. The van der Waals surface area contributed by atoms with Crippen molar-refractivity contribution < 1.29 is 19.2 Å². The summed E-state index contributed by atoms with van der Waals surface area (Å²) in [6, 6.07) is 5.53. The number of halogens is 1. The molecular weight excluding hydrogens is 368 g/mol. The van der Waals surface area contributed by atoms with Crippen molar-refractivity contribution in [2.75, 3.05) is 11.4 Å². The van der Waals surface area contributed by atoms with E-state index >= 15 is 0 Å². The van der Waals surface area contributed by atoms with Crippen molar-refractivity contribution in [1.82, 2.24) is 5.32 Å². The molecule has 1 heterocycles. The molecule has 1 aliphatic heterocycles. The van der Waals surface area contributed by atoms with Gasteiger partial charge in [0.05, 0.1) is 11.6 Å². The summed E-state index contributed by atoms with van der Waals surface area (Å²) in [5.41, 5.74) is 10.7. The number of carbonyl (C=O) groups excluding carboxylic acids is 4. The van der Waals surface area contributed by atoms with E-state index in [0.717, 1.165) is 4.47 Å². The number of carbonyl (C=O) groups is 4. The van der Waals surface area contributed by atoms with E-state index in [0.29, 0.717) is 5.69 Å². The minimum Gasteiger partial charge on any atom is -0.367 e. The van der Waals surface area contributed by atoms with Crippen LogP contribution in [0.1, 0.15) is 6.42 Å². The summed E-state index contributed by atoms with van der Waals surface area (Å²) in [6.07, 6.45) is -0.0303. The van der Waals surface area contributed by atoms with Crippen LogP contribution in [0.3, 0.4) is 0 Å². The van der Waals surface area contributed by atoms with Gasteiger partial charge < -0.3 is 21.7 Å². The minimum absolute atomic E-state index is 0.0303. The Kier molecular flexibility index (Phi) is 4.99. The Labute approximate surface area is 140 Å². The van der Waals surface area contributed by atoms with Crippen LogP contribution >= 0.6 is 15.9 Å². The maximum atomic E-state index is 12.2. The second-order valence-corrected chi connectivity index (χ2v) is 5.96. The topological polar surface area (TPSA) is 136 Å². The molecule has 9 heteroatoms. The molecule has 1 fully saturated rings. The van der Waals surface area contributed by atoms with Gasteiger partial charge in [-0.25, -0.2) is 0 Å². The summed E-state index contributed by atoms with van der Waals surface area (Å²) < 4.78 is 0.724. The van der Waals surface area contributed by atoms with Gasteiger partial charge in [-0.05, 0) is 28.1 Å². The number of hydrogen-bond acceptors (Lipinski definition) is 4. The van der Waals surface area contributed by atoms with Gasteiger partial charge in [-0.1, -0.05) is 12.1 Å². The molecule has 0 aliphatic carbocycles. The highest BCUT2D eigenvalue weighted by Gasteiger charge is 2.37. The molecular formula is C14H15BrN4O4. The van der Waals surface area contributed by atoms with Gasteiger partial charge in [-0.15, -0.1) is 0 Å². The molecule has 0 radical (unpaired) electrons. The Balaban J connectivity index is 2.10. The van der Waals surface area contributed by atoms with Gasteiger partial charge in [0, 0.05) is 17.4 Å². The van der Waals surface area contributed by atoms with Crippen molar-refractivity contribution in [3.05, 3.63) is 28.7 Å². The highest BCUT2D eigenvalue weighted by Crippen LogP contribution is 2.31. The second-order valence-electron chi connectivity index (χ2n) is 5.10. The number of benzene rings is 1. The fourth-order valence-electron chi connectivity index (χ4n) is 2.33. The third-order valence-corrected chi connectivity index (χ3v) is 4.17. The highest BCUT2D eigenvalue weighted by atomic mass is 79.9. The van der Waals surface area contributed by atoms with Crippen LogP contribution in [0.15, 0.2) is 28.7 Å². The molecule has 122 valence electrons. The van der Waals surface area contributed by atoms with Gasteiger partial charge in [0.2, 0.25) is 23.6 Å². The molecule has 1 aromatic carbocycles. The Morgan fingerprint density at radius 2 is 1.83 bits per heavy atom. The summed E-state index contributed by atoms with van der Waals surface area (Å²) in [5, 5.41) is 2.19. The Hall–Kier alpha value is -2.42. The number of para-hydroxylation sites is 1. The lowest BCUT2D eigenvalue weighted by molar-refractivity contribution is -0.135. The average molecular weight is 383 g/mol. The predicted octanol–water partition coefficient (Wildman–Crippen LogP) is -0.743. The lowest BCUT2D eigenvalue weighted by atomic mass is 10.1. The monoisotopic (exact) mass is 382 g/mol. The second kappa shape index (κ2) is 6.78. The zero-order valence-electron chi connectivity index (χ0n) is 12.0. The first-order valence-corrected chi connectivity index (χ1v) is 7.54. The van der Waals surface area contributed by atoms with Crippen molar-refractivity contribution in [3.63, 3.8) is 0 Å². The first kappa shape index (κ1) is 16.9. The van der Waals surface area contributed by atoms with Gasteiger partial charge in [-0.3, -0.25) is 19.2 Å². The first-order valence-electron chi connectivity index (χ1n) is 6.75. The van der Waals surface area contributed by atoms with Crippen LogP contribution in [0.2, 0.25) is 0 Å². The van der Waals surface area contributed by atoms with Crippen LogP contribution < -0.4 is 21.7 Å². The fraction of sp³-hybridized carbons (Fsp3) is 0.286. The number of nitrogens with one attached hydrogen (secondary N) is 1. The van der Waals surface area contributed by atoms with E-state index in [1.54, 1.807) is 18.2 Å². The number of rotatable bonds is 5. The number of hydrogen-bond donors (Lipinski definition) is 3. The highest BCUT2D eigenvalue weighted by molar-refractivity contribution is 9.10. The maximum absolute atomic E-state index is 12.2. The van der Waals surface area contributed by atoms with Crippen LogP contribution in [0.25, 0.3) is 0 Å². The molecule has 1 saturated heterocycles. The quantitative estimate of drug-likeness (QED) is 0.577. The van der Waals surface area contributed by atoms with Crippen LogP contribution in [0.4, 0.5) is 5.69 Å². The van der Waals surface area contributed by atoms with Gasteiger partial charge >= 0.3 is 0 Å². The Bertz CT molecular complexity index is 664. The van der Waals surface area contributed by atoms with E-state index < -0.39 is 29.7 Å². The smallest absolute Gasteiger partial charge is 0.249 e. The third kappa shape index (κ3) is 3.67. The van der Waals surface area contributed by atoms with Crippen molar-refractivity contribution in [2.24, 2.45) is 17.4 Å². The van der Waals surface area contributed by atoms with Gasteiger partial charge in [0.15, 0.2) is 6.04 Å². The van der Waals surface area contributed by atoms with Crippen molar-refractivity contribution in [3.8, 4) is 0 Å². The van der Waals surface area contributed by atoms with Crippen LogP contribution in [0.5, 0.6) is 0 Å².